The van der Waals surface area contributed by atoms with E-state index in [1.54, 1.807) is 6.92 Å². The Labute approximate surface area is 98.7 Å². The molecule has 3 unspecified atom stereocenters. The van der Waals surface area contributed by atoms with Gasteiger partial charge in [0, 0.05) is 24.4 Å². The predicted molar refractivity (Wildman–Crippen MR) is 65.3 cm³/mol. The van der Waals surface area contributed by atoms with Crippen molar-refractivity contribution >= 4 is 9.84 Å². The van der Waals surface area contributed by atoms with E-state index in [1.807, 2.05) is 6.92 Å². The van der Waals surface area contributed by atoms with Crippen molar-refractivity contribution in [3.8, 4) is 0 Å². The van der Waals surface area contributed by atoms with E-state index in [0.717, 1.165) is 19.6 Å². The third kappa shape index (κ3) is 4.39. The molecule has 1 fully saturated rings. The van der Waals surface area contributed by atoms with Gasteiger partial charge in [-0.1, -0.05) is 6.92 Å². The van der Waals surface area contributed by atoms with Gasteiger partial charge in [0.15, 0.2) is 9.84 Å². The first-order valence-corrected chi connectivity index (χ1v) is 7.81. The van der Waals surface area contributed by atoms with Crippen LogP contribution < -0.4 is 5.32 Å². The molecule has 1 heterocycles. The molecule has 4 nitrogen and oxygen atoms in total. The van der Waals surface area contributed by atoms with Crippen LogP contribution in [0.25, 0.3) is 0 Å². The van der Waals surface area contributed by atoms with Crippen molar-refractivity contribution in [1.29, 1.82) is 0 Å². The molecule has 0 aromatic rings. The minimum Gasteiger partial charge on any atom is -0.381 e. The van der Waals surface area contributed by atoms with Crippen LogP contribution in [0.2, 0.25) is 0 Å². The molecular formula is C11H23NO3S. The molecule has 0 spiro atoms. The quantitative estimate of drug-likeness (QED) is 0.757. The van der Waals surface area contributed by atoms with Crippen molar-refractivity contribution in [1.82, 2.24) is 5.32 Å². The zero-order valence-electron chi connectivity index (χ0n) is 10.4. The summed E-state index contributed by atoms with van der Waals surface area (Å²) in [5.74, 6) is 0.966. The first kappa shape index (κ1) is 13.9. The van der Waals surface area contributed by atoms with Gasteiger partial charge in [0.2, 0.25) is 0 Å². The van der Waals surface area contributed by atoms with E-state index in [4.69, 9.17) is 4.74 Å². The highest BCUT2D eigenvalue weighted by molar-refractivity contribution is 7.91. The summed E-state index contributed by atoms with van der Waals surface area (Å²) < 4.78 is 28.2. The van der Waals surface area contributed by atoms with Crippen LogP contribution in [0, 0.1) is 5.92 Å². The van der Waals surface area contributed by atoms with E-state index >= 15 is 0 Å². The molecule has 3 atom stereocenters. The van der Waals surface area contributed by atoms with Crippen LogP contribution in [0.15, 0.2) is 0 Å². The molecule has 0 bridgehead atoms. The van der Waals surface area contributed by atoms with Crippen molar-refractivity contribution in [2.45, 2.75) is 39.3 Å². The second-order valence-electron chi connectivity index (χ2n) is 4.68. The minimum absolute atomic E-state index is 0.0144. The third-order valence-electron chi connectivity index (χ3n) is 3.16. The lowest BCUT2D eigenvalue weighted by atomic mass is 10.0. The third-order valence-corrected chi connectivity index (χ3v) is 5.05. The number of sulfone groups is 1. The SMILES string of the molecule is CCS(=O)(=O)CC(C)NC(C)C1CCOC1. The Bertz CT molecular complexity index is 296. The lowest BCUT2D eigenvalue weighted by molar-refractivity contribution is 0.177. The molecule has 1 saturated heterocycles. The Morgan fingerprint density at radius 2 is 2.12 bits per heavy atom. The second kappa shape index (κ2) is 5.98. The molecule has 0 amide bonds. The van der Waals surface area contributed by atoms with Crippen molar-refractivity contribution < 1.29 is 13.2 Å². The van der Waals surface area contributed by atoms with Crippen LogP contribution >= 0.6 is 0 Å². The summed E-state index contributed by atoms with van der Waals surface area (Å²) in [6.45, 7) is 7.35. The summed E-state index contributed by atoms with van der Waals surface area (Å²) >= 11 is 0. The molecular weight excluding hydrogens is 226 g/mol. The summed E-state index contributed by atoms with van der Waals surface area (Å²) in [5, 5.41) is 3.35. The van der Waals surface area contributed by atoms with Crippen LogP contribution in [-0.4, -0.2) is 45.2 Å². The Balaban J connectivity index is 2.35. The fraction of sp³-hybridized carbons (Fsp3) is 1.00. The van der Waals surface area contributed by atoms with E-state index in [9.17, 15) is 8.42 Å². The van der Waals surface area contributed by atoms with Crippen molar-refractivity contribution in [3.05, 3.63) is 0 Å². The van der Waals surface area contributed by atoms with E-state index in [-0.39, 0.29) is 17.5 Å². The number of hydrogen-bond acceptors (Lipinski definition) is 4. The molecule has 1 aliphatic rings. The van der Waals surface area contributed by atoms with Gasteiger partial charge in [-0.05, 0) is 26.2 Å². The molecule has 0 aromatic heterocycles. The van der Waals surface area contributed by atoms with Crippen molar-refractivity contribution in [2.75, 3.05) is 24.7 Å². The van der Waals surface area contributed by atoms with Crippen LogP contribution in [0.5, 0.6) is 0 Å². The van der Waals surface area contributed by atoms with Crippen LogP contribution in [0.3, 0.4) is 0 Å². The summed E-state index contributed by atoms with van der Waals surface area (Å²) in [7, 11) is -2.88. The normalized spacial score (nSPS) is 25.6. The maximum Gasteiger partial charge on any atom is 0.151 e. The number of rotatable bonds is 6. The summed E-state index contributed by atoms with van der Waals surface area (Å²) in [5.41, 5.74) is 0. The van der Waals surface area contributed by atoms with Gasteiger partial charge in [-0.3, -0.25) is 0 Å². The fourth-order valence-corrected chi connectivity index (χ4v) is 3.17. The molecule has 96 valence electrons. The monoisotopic (exact) mass is 249 g/mol. The van der Waals surface area contributed by atoms with Gasteiger partial charge >= 0.3 is 0 Å². The van der Waals surface area contributed by atoms with E-state index in [0.29, 0.717) is 12.0 Å². The van der Waals surface area contributed by atoms with Gasteiger partial charge in [0.1, 0.15) is 0 Å². The first-order valence-electron chi connectivity index (χ1n) is 5.99. The maximum atomic E-state index is 11.4. The molecule has 1 N–H and O–H groups in total. The Morgan fingerprint density at radius 1 is 1.44 bits per heavy atom. The van der Waals surface area contributed by atoms with E-state index < -0.39 is 9.84 Å². The zero-order valence-corrected chi connectivity index (χ0v) is 11.2. The average Bonchev–Trinajstić information content (AvgIpc) is 2.69. The van der Waals surface area contributed by atoms with Gasteiger partial charge in [-0.25, -0.2) is 8.42 Å². The molecule has 16 heavy (non-hydrogen) atoms. The Hall–Kier alpha value is -0.130. The lowest BCUT2D eigenvalue weighted by Crippen LogP contribution is -2.43. The van der Waals surface area contributed by atoms with E-state index in [2.05, 4.69) is 12.2 Å². The molecule has 0 saturated carbocycles. The molecule has 1 rings (SSSR count). The lowest BCUT2D eigenvalue weighted by Gasteiger charge is -2.23. The molecule has 0 aliphatic carbocycles. The number of nitrogens with one attached hydrogen (secondary N) is 1. The highest BCUT2D eigenvalue weighted by Gasteiger charge is 2.24. The molecule has 0 aromatic carbocycles. The first-order chi connectivity index (χ1) is 7.44. The smallest absolute Gasteiger partial charge is 0.151 e. The Morgan fingerprint density at radius 3 is 2.62 bits per heavy atom. The van der Waals surface area contributed by atoms with Gasteiger partial charge < -0.3 is 10.1 Å². The standard InChI is InChI=1S/C11H23NO3S/c1-4-16(13,14)8-9(2)12-10(3)11-5-6-15-7-11/h9-12H,4-8H2,1-3H3. The van der Waals surface area contributed by atoms with Gasteiger partial charge in [0.25, 0.3) is 0 Å². The van der Waals surface area contributed by atoms with Gasteiger partial charge in [0.05, 0.1) is 12.4 Å². The number of ether oxygens (including phenoxy) is 1. The summed E-state index contributed by atoms with van der Waals surface area (Å²) in [6, 6.07) is 0.338. The van der Waals surface area contributed by atoms with Crippen LogP contribution in [0.1, 0.15) is 27.2 Å². The Kier molecular flexibility index (Phi) is 5.21. The highest BCUT2D eigenvalue weighted by atomic mass is 32.2. The van der Waals surface area contributed by atoms with Crippen molar-refractivity contribution in [2.24, 2.45) is 5.92 Å². The predicted octanol–water partition coefficient (Wildman–Crippen LogP) is 0.824. The average molecular weight is 249 g/mol. The summed E-state index contributed by atoms with van der Waals surface area (Å²) in [6.07, 6.45) is 1.07. The molecule has 1 aliphatic heterocycles. The van der Waals surface area contributed by atoms with Crippen LogP contribution in [-0.2, 0) is 14.6 Å². The number of hydrogen-bond donors (Lipinski definition) is 1. The largest absolute Gasteiger partial charge is 0.381 e. The highest BCUT2D eigenvalue weighted by Crippen LogP contribution is 2.16. The van der Waals surface area contributed by atoms with Gasteiger partial charge in [-0.15, -0.1) is 0 Å². The van der Waals surface area contributed by atoms with Crippen LogP contribution in [0.4, 0.5) is 0 Å². The van der Waals surface area contributed by atoms with Crippen molar-refractivity contribution in [3.63, 3.8) is 0 Å². The topological polar surface area (TPSA) is 55.4 Å². The minimum atomic E-state index is -2.88. The molecule has 5 heteroatoms. The fourth-order valence-electron chi connectivity index (χ4n) is 2.08. The second-order valence-corrected chi connectivity index (χ2v) is 7.08. The van der Waals surface area contributed by atoms with Gasteiger partial charge in [-0.2, -0.15) is 0 Å². The molecule has 0 radical (unpaired) electrons. The maximum absolute atomic E-state index is 11.4. The zero-order chi connectivity index (χ0) is 12.2. The summed E-state index contributed by atoms with van der Waals surface area (Å²) in [4.78, 5) is 0. The van der Waals surface area contributed by atoms with E-state index in [1.165, 1.54) is 0 Å².